The molecule has 21 heavy (non-hydrogen) atoms. The average molecular weight is 309 g/mol. The van der Waals surface area contributed by atoms with E-state index in [0.717, 1.165) is 54.8 Å². The maximum Gasteiger partial charge on any atom is 0.265 e. The van der Waals surface area contributed by atoms with Crippen molar-refractivity contribution in [3.8, 4) is 0 Å². The van der Waals surface area contributed by atoms with Gasteiger partial charge in [-0.15, -0.1) is 0 Å². The first-order valence-electron chi connectivity index (χ1n) is 7.53. The zero-order valence-corrected chi connectivity index (χ0v) is 13.8. The number of likely N-dealkylation sites (tertiary alicyclic amines) is 1. The third kappa shape index (κ3) is 2.79. The predicted octanol–water partition coefficient (Wildman–Crippen LogP) is 2.16. The summed E-state index contributed by atoms with van der Waals surface area (Å²) in [5, 5.41) is 0.894. The predicted molar refractivity (Wildman–Crippen MR) is 84.2 cm³/mol. The van der Waals surface area contributed by atoms with Gasteiger partial charge in [-0.3, -0.25) is 4.79 Å². The molecular formula is C15H23N3O2S. The van der Waals surface area contributed by atoms with E-state index in [1.54, 1.807) is 0 Å². The van der Waals surface area contributed by atoms with Crippen molar-refractivity contribution in [2.45, 2.75) is 26.2 Å². The van der Waals surface area contributed by atoms with Crippen LogP contribution in [0.3, 0.4) is 0 Å². The molecule has 0 radical (unpaired) electrons. The Balaban J connectivity index is 1.74. The second-order valence-electron chi connectivity index (χ2n) is 6.44. The number of aryl methyl sites for hydroxylation is 1. The molecule has 2 aliphatic heterocycles. The van der Waals surface area contributed by atoms with Crippen molar-refractivity contribution >= 4 is 22.4 Å². The monoisotopic (exact) mass is 309 g/mol. The fourth-order valence-electron chi connectivity index (χ4n) is 3.26. The number of hydrogen-bond acceptors (Lipinski definition) is 5. The van der Waals surface area contributed by atoms with E-state index in [9.17, 15) is 4.79 Å². The first kappa shape index (κ1) is 14.8. The van der Waals surface area contributed by atoms with Crippen molar-refractivity contribution in [2.24, 2.45) is 5.41 Å². The summed E-state index contributed by atoms with van der Waals surface area (Å²) in [6, 6.07) is 0. The van der Waals surface area contributed by atoms with Gasteiger partial charge in [0.15, 0.2) is 5.13 Å². The molecule has 1 aromatic rings. The molecule has 1 unspecified atom stereocenters. The van der Waals surface area contributed by atoms with E-state index in [2.05, 4.69) is 4.98 Å². The molecule has 0 bridgehead atoms. The van der Waals surface area contributed by atoms with E-state index in [0.29, 0.717) is 0 Å². The minimum Gasteiger partial charge on any atom is -0.381 e. The molecule has 0 aromatic carbocycles. The van der Waals surface area contributed by atoms with Crippen LogP contribution >= 0.6 is 11.3 Å². The zero-order chi connectivity index (χ0) is 15.0. The van der Waals surface area contributed by atoms with Gasteiger partial charge in [-0.2, -0.15) is 0 Å². The molecule has 5 nitrogen and oxygen atoms in total. The Hall–Kier alpha value is -1.14. The van der Waals surface area contributed by atoms with Gasteiger partial charge in [-0.25, -0.2) is 4.98 Å². The van der Waals surface area contributed by atoms with Crippen molar-refractivity contribution in [3.63, 3.8) is 0 Å². The molecule has 1 spiro atoms. The highest BCUT2D eigenvalue weighted by Gasteiger charge is 2.42. The van der Waals surface area contributed by atoms with Gasteiger partial charge in [-0.05, 0) is 26.2 Å². The van der Waals surface area contributed by atoms with Gasteiger partial charge in [0.05, 0.1) is 12.3 Å². The number of carbonyl (C=O) groups is 1. The van der Waals surface area contributed by atoms with Gasteiger partial charge in [0, 0.05) is 39.2 Å². The quantitative estimate of drug-likeness (QED) is 0.840. The SMILES string of the molecule is Cc1nc(N(C)C)sc1C(=O)N1CCC2(CCCOC2)C1. The van der Waals surface area contributed by atoms with Crippen LogP contribution in [0, 0.1) is 12.3 Å². The maximum atomic E-state index is 12.8. The number of carbonyl (C=O) groups excluding carboxylic acids is 1. The highest BCUT2D eigenvalue weighted by Crippen LogP contribution is 2.39. The van der Waals surface area contributed by atoms with Crippen LogP contribution in [0.4, 0.5) is 5.13 Å². The Morgan fingerprint density at radius 2 is 2.24 bits per heavy atom. The summed E-state index contributed by atoms with van der Waals surface area (Å²) in [7, 11) is 3.91. The number of nitrogens with zero attached hydrogens (tertiary/aromatic N) is 3. The highest BCUT2D eigenvalue weighted by molar-refractivity contribution is 7.17. The standard InChI is InChI=1S/C15H23N3O2S/c1-11-12(21-14(16-11)17(2)3)13(19)18-7-6-15(9-18)5-4-8-20-10-15/h4-10H2,1-3H3. The second kappa shape index (κ2) is 5.57. The summed E-state index contributed by atoms with van der Waals surface area (Å²) in [4.78, 5) is 22.0. The lowest BCUT2D eigenvalue weighted by Crippen LogP contribution is -2.37. The van der Waals surface area contributed by atoms with E-state index in [1.165, 1.54) is 17.8 Å². The molecule has 3 rings (SSSR count). The number of thiazole rings is 1. The van der Waals surface area contributed by atoms with Crippen molar-refractivity contribution in [1.82, 2.24) is 9.88 Å². The fraction of sp³-hybridized carbons (Fsp3) is 0.733. The summed E-state index contributed by atoms with van der Waals surface area (Å²) < 4.78 is 5.65. The molecule has 6 heteroatoms. The van der Waals surface area contributed by atoms with Crippen LogP contribution < -0.4 is 4.90 Å². The largest absolute Gasteiger partial charge is 0.381 e. The molecule has 0 N–H and O–H groups in total. The third-order valence-corrected chi connectivity index (χ3v) is 5.80. The Kier molecular flexibility index (Phi) is 3.92. The molecule has 0 aliphatic carbocycles. The van der Waals surface area contributed by atoms with Crippen molar-refractivity contribution in [2.75, 3.05) is 45.3 Å². The Morgan fingerprint density at radius 3 is 2.86 bits per heavy atom. The maximum absolute atomic E-state index is 12.8. The lowest BCUT2D eigenvalue weighted by Gasteiger charge is -2.32. The average Bonchev–Trinajstić information content (AvgIpc) is 3.04. The number of anilines is 1. The van der Waals surface area contributed by atoms with Crippen LogP contribution in [0.1, 0.15) is 34.6 Å². The lowest BCUT2D eigenvalue weighted by atomic mass is 9.82. The first-order valence-corrected chi connectivity index (χ1v) is 8.34. The van der Waals surface area contributed by atoms with Crippen LogP contribution in [-0.4, -0.2) is 56.2 Å². The van der Waals surface area contributed by atoms with E-state index in [-0.39, 0.29) is 11.3 Å². The molecule has 2 saturated heterocycles. The minimum atomic E-state index is 0.139. The third-order valence-electron chi connectivity index (χ3n) is 4.49. The first-order chi connectivity index (χ1) is 10.0. The molecule has 1 aromatic heterocycles. The van der Waals surface area contributed by atoms with E-state index < -0.39 is 0 Å². The number of amides is 1. The fourth-order valence-corrected chi connectivity index (χ4v) is 4.21. The van der Waals surface area contributed by atoms with E-state index >= 15 is 0 Å². The van der Waals surface area contributed by atoms with Gasteiger partial charge in [0.1, 0.15) is 4.88 Å². The van der Waals surface area contributed by atoms with Crippen LogP contribution in [0.25, 0.3) is 0 Å². The van der Waals surface area contributed by atoms with Gasteiger partial charge in [-0.1, -0.05) is 11.3 Å². The van der Waals surface area contributed by atoms with Crippen molar-refractivity contribution < 1.29 is 9.53 Å². The summed E-state index contributed by atoms with van der Waals surface area (Å²) >= 11 is 1.49. The summed E-state index contributed by atoms with van der Waals surface area (Å²) in [6.45, 7) is 5.28. The second-order valence-corrected chi connectivity index (χ2v) is 7.42. The molecule has 2 fully saturated rings. The Morgan fingerprint density at radius 1 is 1.43 bits per heavy atom. The molecule has 0 saturated carbocycles. The Bertz CT molecular complexity index is 535. The number of aromatic nitrogens is 1. The zero-order valence-electron chi connectivity index (χ0n) is 13.0. The molecule has 116 valence electrons. The lowest BCUT2D eigenvalue weighted by molar-refractivity contribution is -0.00157. The summed E-state index contributed by atoms with van der Waals surface area (Å²) in [5.74, 6) is 0.139. The van der Waals surface area contributed by atoms with Crippen molar-refractivity contribution in [3.05, 3.63) is 10.6 Å². The van der Waals surface area contributed by atoms with Crippen molar-refractivity contribution in [1.29, 1.82) is 0 Å². The highest BCUT2D eigenvalue weighted by atomic mass is 32.1. The summed E-state index contributed by atoms with van der Waals surface area (Å²) in [6.07, 6.45) is 3.37. The van der Waals surface area contributed by atoms with Crippen LogP contribution in [0.15, 0.2) is 0 Å². The number of ether oxygens (including phenoxy) is 1. The van der Waals surface area contributed by atoms with Gasteiger partial charge in [0.2, 0.25) is 0 Å². The number of hydrogen-bond donors (Lipinski definition) is 0. The van der Waals surface area contributed by atoms with E-state index in [1.807, 2.05) is 30.8 Å². The normalized spacial score (nSPS) is 25.6. The molecular weight excluding hydrogens is 286 g/mol. The van der Waals surface area contributed by atoms with Gasteiger partial charge < -0.3 is 14.5 Å². The molecule has 3 heterocycles. The molecule has 1 atom stereocenters. The molecule has 2 aliphatic rings. The van der Waals surface area contributed by atoms with E-state index in [4.69, 9.17) is 4.74 Å². The van der Waals surface area contributed by atoms with Gasteiger partial charge >= 0.3 is 0 Å². The number of rotatable bonds is 2. The van der Waals surface area contributed by atoms with Crippen LogP contribution in [0.5, 0.6) is 0 Å². The smallest absolute Gasteiger partial charge is 0.265 e. The summed E-state index contributed by atoms with van der Waals surface area (Å²) in [5.41, 5.74) is 1.05. The Labute approximate surface area is 129 Å². The van der Waals surface area contributed by atoms with Crippen LogP contribution in [0.2, 0.25) is 0 Å². The topological polar surface area (TPSA) is 45.7 Å². The minimum absolute atomic E-state index is 0.139. The van der Waals surface area contributed by atoms with Crippen LogP contribution in [-0.2, 0) is 4.74 Å². The van der Waals surface area contributed by atoms with Gasteiger partial charge in [0.25, 0.3) is 5.91 Å². The molecule has 1 amide bonds.